The molecule has 118 valence electrons. The SMILES string of the molecule is O=C(Cc1cccc(C(F)(F)F)n1)Nc1ccn(CCF)n1. The van der Waals surface area contributed by atoms with Crippen LogP contribution in [0.2, 0.25) is 0 Å². The van der Waals surface area contributed by atoms with Gasteiger partial charge < -0.3 is 5.32 Å². The van der Waals surface area contributed by atoms with Crippen LogP contribution >= 0.6 is 0 Å². The predicted octanol–water partition coefficient (Wildman–Crippen LogP) is 2.45. The molecule has 0 fully saturated rings. The number of rotatable bonds is 5. The molecule has 0 aliphatic carbocycles. The zero-order chi connectivity index (χ0) is 16.2. The number of amides is 1. The van der Waals surface area contributed by atoms with Crippen LogP contribution in [0.3, 0.4) is 0 Å². The van der Waals surface area contributed by atoms with E-state index in [0.29, 0.717) is 0 Å². The third-order valence-electron chi connectivity index (χ3n) is 2.66. The number of carbonyl (C=O) groups excluding carboxylic acids is 1. The van der Waals surface area contributed by atoms with Gasteiger partial charge in [0.05, 0.1) is 18.7 Å². The first-order chi connectivity index (χ1) is 10.4. The third kappa shape index (κ3) is 4.27. The third-order valence-corrected chi connectivity index (χ3v) is 2.66. The molecule has 2 heterocycles. The van der Waals surface area contributed by atoms with Gasteiger partial charge in [-0.2, -0.15) is 18.3 Å². The van der Waals surface area contributed by atoms with Crippen LogP contribution in [0, 0.1) is 0 Å². The van der Waals surface area contributed by atoms with E-state index >= 15 is 0 Å². The maximum Gasteiger partial charge on any atom is 0.433 e. The summed E-state index contributed by atoms with van der Waals surface area (Å²) in [6.45, 7) is -0.533. The van der Waals surface area contributed by atoms with E-state index in [1.54, 1.807) is 0 Å². The van der Waals surface area contributed by atoms with E-state index in [9.17, 15) is 22.4 Å². The largest absolute Gasteiger partial charge is 0.433 e. The Balaban J connectivity index is 1.99. The van der Waals surface area contributed by atoms with Crippen LogP contribution in [0.15, 0.2) is 30.5 Å². The molecule has 9 heteroatoms. The molecule has 0 saturated carbocycles. The Bertz CT molecular complexity index is 653. The molecule has 22 heavy (non-hydrogen) atoms. The maximum absolute atomic E-state index is 12.5. The number of halogens is 4. The number of nitrogens with zero attached hydrogens (tertiary/aromatic N) is 3. The van der Waals surface area contributed by atoms with E-state index in [4.69, 9.17) is 0 Å². The normalized spacial score (nSPS) is 11.5. The smallest absolute Gasteiger partial charge is 0.309 e. The van der Waals surface area contributed by atoms with E-state index in [2.05, 4.69) is 15.4 Å². The standard InChI is InChI=1S/C13H12F4N4O/c14-5-7-21-6-4-11(20-21)19-12(22)8-9-2-1-3-10(18-9)13(15,16)17/h1-4,6H,5,7-8H2,(H,19,20,22). The molecule has 5 nitrogen and oxygen atoms in total. The first-order valence-electron chi connectivity index (χ1n) is 6.31. The molecule has 0 atom stereocenters. The minimum atomic E-state index is -4.56. The molecule has 0 unspecified atom stereocenters. The highest BCUT2D eigenvalue weighted by atomic mass is 19.4. The Morgan fingerprint density at radius 2 is 2.05 bits per heavy atom. The van der Waals surface area contributed by atoms with E-state index in [1.165, 1.54) is 29.1 Å². The number of hydrogen-bond donors (Lipinski definition) is 1. The van der Waals surface area contributed by atoms with Gasteiger partial charge in [-0.1, -0.05) is 6.07 Å². The number of alkyl halides is 4. The second-order valence-corrected chi connectivity index (χ2v) is 4.39. The lowest BCUT2D eigenvalue weighted by Gasteiger charge is -2.07. The predicted molar refractivity (Wildman–Crippen MR) is 69.8 cm³/mol. The lowest BCUT2D eigenvalue weighted by molar-refractivity contribution is -0.141. The Morgan fingerprint density at radius 1 is 1.27 bits per heavy atom. The lowest BCUT2D eigenvalue weighted by atomic mass is 10.2. The van der Waals surface area contributed by atoms with Crippen LogP contribution in [-0.4, -0.2) is 27.3 Å². The van der Waals surface area contributed by atoms with Gasteiger partial charge in [0, 0.05) is 12.3 Å². The summed E-state index contributed by atoms with van der Waals surface area (Å²) in [5.41, 5.74) is -1.06. The fraction of sp³-hybridized carbons (Fsp3) is 0.308. The molecular formula is C13H12F4N4O. The fourth-order valence-electron chi connectivity index (χ4n) is 1.73. The van der Waals surface area contributed by atoms with Crippen LogP contribution in [0.5, 0.6) is 0 Å². The van der Waals surface area contributed by atoms with E-state index < -0.39 is 24.5 Å². The minimum absolute atomic E-state index is 0.00415. The molecule has 0 aromatic carbocycles. The second kappa shape index (κ2) is 6.54. The highest BCUT2D eigenvalue weighted by Crippen LogP contribution is 2.27. The van der Waals surface area contributed by atoms with Gasteiger partial charge in [-0.3, -0.25) is 9.48 Å². The van der Waals surface area contributed by atoms with Gasteiger partial charge >= 0.3 is 6.18 Å². The van der Waals surface area contributed by atoms with E-state index in [-0.39, 0.29) is 24.5 Å². The number of pyridine rings is 1. The van der Waals surface area contributed by atoms with E-state index in [0.717, 1.165) is 6.07 Å². The van der Waals surface area contributed by atoms with Gasteiger partial charge in [-0.25, -0.2) is 9.37 Å². The Morgan fingerprint density at radius 3 is 2.73 bits per heavy atom. The summed E-state index contributed by atoms with van der Waals surface area (Å²) in [7, 11) is 0. The van der Waals surface area contributed by atoms with Crippen molar-refractivity contribution < 1.29 is 22.4 Å². The first-order valence-corrected chi connectivity index (χ1v) is 6.31. The molecule has 2 aromatic heterocycles. The van der Waals surface area contributed by atoms with Gasteiger partial charge in [0.15, 0.2) is 5.82 Å². The van der Waals surface area contributed by atoms with Crippen LogP contribution in [0.1, 0.15) is 11.4 Å². The number of hydrogen-bond acceptors (Lipinski definition) is 3. The van der Waals surface area contributed by atoms with Gasteiger partial charge in [0.2, 0.25) is 5.91 Å². The summed E-state index contributed by atoms with van der Waals surface area (Å²) in [6.07, 6.45) is -3.39. The topological polar surface area (TPSA) is 59.8 Å². The Hall–Kier alpha value is -2.45. The molecule has 1 amide bonds. The van der Waals surface area contributed by atoms with Crippen molar-refractivity contribution in [3.8, 4) is 0 Å². The monoisotopic (exact) mass is 316 g/mol. The fourth-order valence-corrected chi connectivity index (χ4v) is 1.73. The molecule has 0 aliphatic rings. The molecule has 0 radical (unpaired) electrons. The Labute approximate surface area is 123 Å². The summed E-state index contributed by atoms with van der Waals surface area (Å²) < 4.78 is 51.0. The average molecular weight is 316 g/mol. The zero-order valence-electron chi connectivity index (χ0n) is 11.3. The van der Waals surface area contributed by atoms with Crippen LogP contribution in [-0.2, 0) is 23.9 Å². The van der Waals surface area contributed by atoms with Crippen molar-refractivity contribution in [3.63, 3.8) is 0 Å². The summed E-state index contributed by atoms with van der Waals surface area (Å²) in [5.74, 6) is -0.359. The Kier molecular flexibility index (Phi) is 4.74. The van der Waals surface area contributed by atoms with Crippen LogP contribution in [0.4, 0.5) is 23.4 Å². The van der Waals surface area contributed by atoms with Gasteiger partial charge in [0.25, 0.3) is 0 Å². The highest BCUT2D eigenvalue weighted by molar-refractivity contribution is 5.91. The number of anilines is 1. The molecule has 0 spiro atoms. The van der Waals surface area contributed by atoms with Gasteiger partial charge in [-0.05, 0) is 12.1 Å². The quantitative estimate of drug-likeness (QED) is 0.862. The maximum atomic E-state index is 12.5. The molecule has 1 N–H and O–H groups in total. The van der Waals surface area contributed by atoms with Gasteiger partial charge in [0.1, 0.15) is 12.4 Å². The zero-order valence-corrected chi connectivity index (χ0v) is 11.3. The highest BCUT2D eigenvalue weighted by Gasteiger charge is 2.32. The average Bonchev–Trinajstić information content (AvgIpc) is 2.85. The van der Waals surface area contributed by atoms with Crippen molar-refractivity contribution in [2.75, 3.05) is 12.0 Å². The summed E-state index contributed by atoms with van der Waals surface area (Å²) in [6, 6.07) is 4.82. The first kappa shape index (κ1) is 15.9. The molecule has 0 saturated heterocycles. The molecule has 2 aromatic rings. The summed E-state index contributed by atoms with van der Waals surface area (Å²) in [5, 5.41) is 6.30. The van der Waals surface area contributed by atoms with Crippen molar-refractivity contribution in [1.82, 2.24) is 14.8 Å². The molecule has 0 aliphatic heterocycles. The molecule has 0 bridgehead atoms. The summed E-state index contributed by atoms with van der Waals surface area (Å²) >= 11 is 0. The molecular weight excluding hydrogens is 304 g/mol. The van der Waals surface area contributed by atoms with Crippen LogP contribution in [0.25, 0.3) is 0 Å². The van der Waals surface area contributed by atoms with Gasteiger partial charge in [-0.15, -0.1) is 0 Å². The lowest BCUT2D eigenvalue weighted by Crippen LogP contribution is -2.17. The second-order valence-electron chi connectivity index (χ2n) is 4.39. The number of carbonyl (C=O) groups is 1. The van der Waals surface area contributed by atoms with E-state index in [1.807, 2.05) is 0 Å². The number of nitrogens with one attached hydrogen (secondary N) is 1. The van der Waals surface area contributed by atoms with Crippen LogP contribution < -0.4 is 5.32 Å². The molecule has 2 rings (SSSR count). The number of aryl methyl sites for hydroxylation is 1. The van der Waals surface area contributed by atoms with Crippen molar-refractivity contribution in [3.05, 3.63) is 41.9 Å². The van der Waals surface area contributed by atoms with Crippen molar-refractivity contribution in [2.24, 2.45) is 0 Å². The minimum Gasteiger partial charge on any atom is -0.309 e. The van der Waals surface area contributed by atoms with Crippen molar-refractivity contribution >= 4 is 11.7 Å². The van der Waals surface area contributed by atoms with Crippen molar-refractivity contribution in [2.45, 2.75) is 19.1 Å². The van der Waals surface area contributed by atoms with Crippen molar-refractivity contribution in [1.29, 1.82) is 0 Å². The summed E-state index contributed by atoms with van der Waals surface area (Å²) in [4.78, 5) is 15.2. The number of aromatic nitrogens is 3.